The van der Waals surface area contributed by atoms with Crippen LogP contribution in [-0.2, 0) is 6.42 Å². The van der Waals surface area contributed by atoms with Crippen LogP contribution in [0.25, 0.3) is 11.0 Å². The number of nitrogens with one attached hydrogen (secondary N) is 1. The fourth-order valence-electron chi connectivity index (χ4n) is 3.54. The quantitative estimate of drug-likeness (QED) is 0.763. The van der Waals surface area contributed by atoms with Gasteiger partial charge < -0.3 is 9.84 Å². The molecule has 1 aliphatic rings. The fourth-order valence-corrected chi connectivity index (χ4v) is 3.54. The van der Waals surface area contributed by atoms with Gasteiger partial charge in [0.2, 0.25) is 5.89 Å². The van der Waals surface area contributed by atoms with Crippen molar-refractivity contribution < 1.29 is 4.52 Å². The van der Waals surface area contributed by atoms with Crippen LogP contribution in [0.2, 0.25) is 0 Å². The molecule has 0 spiro atoms. The summed E-state index contributed by atoms with van der Waals surface area (Å²) < 4.78 is 5.43. The van der Waals surface area contributed by atoms with Gasteiger partial charge in [-0.1, -0.05) is 18.0 Å². The molecule has 0 amide bonds. The van der Waals surface area contributed by atoms with Gasteiger partial charge in [0.25, 0.3) is 0 Å². The van der Waals surface area contributed by atoms with Gasteiger partial charge in [-0.25, -0.2) is 15.0 Å². The predicted molar refractivity (Wildman–Crippen MR) is 94.5 cm³/mol. The molecule has 25 heavy (non-hydrogen) atoms. The zero-order valence-electron chi connectivity index (χ0n) is 14.6. The summed E-state index contributed by atoms with van der Waals surface area (Å²) in [6, 6.07) is 2.05. The smallest absolute Gasteiger partial charge is 0.229 e. The van der Waals surface area contributed by atoms with Crippen molar-refractivity contribution in [2.24, 2.45) is 0 Å². The summed E-state index contributed by atoms with van der Waals surface area (Å²) in [5.41, 5.74) is 2.80. The molecule has 4 rings (SSSR count). The summed E-state index contributed by atoms with van der Waals surface area (Å²) >= 11 is 0. The Morgan fingerprint density at radius 2 is 2.00 bits per heavy atom. The Morgan fingerprint density at radius 1 is 1.16 bits per heavy atom. The summed E-state index contributed by atoms with van der Waals surface area (Å²) in [6.45, 7) is 4.71. The second-order valence-corrected chi connectivity index (χ2v) is 6.71. The molecule has 1 aliphatic carbocycles. The van der Waals surface area contributed by atoms with Crippen LogP contribution in [0, 0.1) is 13.8 Å². The van der Waals surface area contributed by atoms with Crippen LogP contribution in [-0.4, -0.2) is 31.6 Å². The highest BCUT2D eigenvalue weighted by Crippen LogP contribution is 2.32. The van der Waals surface area contributed by atoms with Gasteiger partial charge in [-0.05, 0) is 38.3 Å². The Kier molecular flexibility index (Phi) is 4.29. The molecule has 3 aromatic rings. The third-order valence-electron chi connectivity index (χ3n) is 4.76. The minimum atomic E-state index is 0.456. The van der Waals surface area contributed by atoms with E-state index in [1.807, 2.05) is 13.0 Å². The van der Waals surface area contributed by atoms with E-state index in [0.29, 0.717) is 18.9 Å². The zero-order valence-corrected chi connectivity index (χ0v) is 14.6. The maximum absolute atomic E-state index is 5.43. The molecule has 0 aliphatic heterocycles. The van der Waals surface area contributed by atoms with Gasteiger partial charge in [-0.3, -0.25) is 0 Å². The van der Waals surface area contributed by atoms with E-state index in [2.05, 4.69) is 37.3 Å². The van der Waals surface area contributed by atoms with Crippen LogP contribution in [0.3, 0.4) is 0 Å². The average molecular weight is 338 g/mol. The van der Waals surface area contributed by atoms with Crippen molar-refractivity contribution in [3.63, 3.8) is 0 Å². The zero-order chi connectivity index (χ0) is 17.2. The summed E-state index contributed by atoms with van der Waals surface area (Å²) in [4.78, 5) is 17.7. The summed E-state index contributed by atoms with van der Waals surface area (Å²) in [7, 11) is 0. The van der Waals surface area contributed by atoms with E-state index in [4.69, 9.17) is 4.52 Å². The lowest BCUT2D eigenvalue weighted by molar-refractivity contribution is 0.350. The Hall–Kier alpha value is -2.57. The van der Waals surface area contributed by atoms with Crippen LogP contribution in [0.5, 0.6) is 0 Å². The molecule has 0 radical (unpaired) electrons. The van der Waals surface area contributed by atoms with Crippen molar-refractivity contribution >= 4 is 16.9 Å². The SMILES string of the molecule is Cc1cc(C)c2c(NCCc3noc(C4CCCC4)n3)ncnc2n1. The van der Waals surface area contributed by atoms with Gasteiger partial charge in [0.15, 0.2) is 11.5 Å². The van der Waals surface area contributed by atoms with Crippen molar-refractivity contribution in [1.82, 2.24) is 25.1 Å². The van der Waals surface area contributed by atoms with Crippen molar-refractivity contribution in [3.05, 3.63) is 35.4 Å². The van der Waals surface area contributed by atoms with Crippen LogP contribution in [0.15, 0.2) is 16.9 Å². The Balaban J connectivity index is 1.44. The predicted octanol–water partition coefficient (Wildman–Crippen LogP) is 3.34. The standard InChI is InChI=1S/C18H22N6O/c1-11-9-12(2)22-17-15(11)16(20-10-21-17)19-8-7-14-23-18(25-24-14)13-5-3-4-6-13/h9-10,13H,3-8H2,1-2H3,(H,19,20,21,22). The van der Waals surface area contributed by atoms with Crippen LogP contribution < -0.4 is 5.32 Å². The van der Waals surface area contributed by atoms with Crippen LogP contribution in [0.4, 0.5) is 5.82 Å². The molecule has 3 aromatic heterocycles. The summed E-state index contributed by atoms with van der Waals surface area (Å²) in [5, 5.41) is 8.44. The summed E-state index contributed by atoms with van der Waals surface area (Å²) in [5.74, 6) is 2.81. The third kappa shape index (κ3) is 3.31. The molecule has 0 unspecified atom stereocenters. The highest BCUT2D eigenvalue weighted by molar-refractivity contribution is 5.89. The molecule has 1 N–H and O–H groups in total. The summed E-state index contributed by atoms with van der Waals surface area (Å²) in [6.07, 6.45) is 7.09. The lowest BCUT2D eigenvalue weighted by atomic mass is 10.1. The largest absolute Gasteiger partial charge is 0.369 e. The van der Waals surface area contributed by atoms with E-state index in [0.717, 1.165) is 39.8 Å². The monoisotopic (exact) mass is 338 g/mol. The van der Waals surface area contributed by atoms with Crippen molar-refractivity contribution in [3.8, 4) is 0 Å². The normalized spacial score (nSPS) is 15.1. The van der Waals surface area contributed by atoms with Gasteiger partial charge in [0, 0.05) is 24.6 Å². The highest BCUT2D eigenvalue weighted by Gasteiger charge is 2.22. The van der Waals surface area contributed by atoms with Crippen LogP contribution in [0.1, 0.15) is 54.6 Å². The van der Waals surface area contributed by atoms with E-state index in [1.54, 1.807) is 6.33 Å². The van der Waals surface area contributed by atoms with E-state index in [-0.39, 0.29) is 0 Å². The molecule has 0 saturated heterocycles. The molecular weight excluding hydrogens is 316 g/mol. The number of rotatable bonds is 5. The molecule has 1 saturated carbocycles. The number of fused-ring (bicyclic) bond motifs is 1. The lowest BCUT2D eigenvalue weighted by Gasteiger charge is -2.09. The van der Waals surface area contributed by atoms with Gasteiger partial charge >= 0.3 is 0 Å². The first-order valence-electron chi connectivity index (χ1n) is 8.86. The number of hydrogen-bond donors (Lipinski definition) is 1. The molecule has 1 fully saturated rings. The Bertz CT molecular complexity index is 884. The number of nitrogens with zero attached hydrogens (tertiary/aromatic N) is 5. The number of hydrogen-bond acceptors (Lipinski definition) is 7. The average Bonchev–Trinajstić information content (AvgIpc) is 3.25. The Morgan fingerprint density at radius 3 is 2.84 bits per heavy atom. The second-order valence-electron chi connectivity index (χ2n) is 6.71. The van der Waals surface area contributed by atoms with Crippen molar-refractivity contribution in [2.75, 3.05) is 11.9 Å². The first-order chi connectivity index (χ1) is 12.2. The first kappa shape index (κ1) is 15.9. The molecule has 0 bridgehead atoms. The number of aromatic nitrogens is 5. The fraction of sp³-hybridized carbons (Fsp3) is 0.500. The van der Waals surface area contributed by atoms with Gasteiger partial charge in [-0.2, -0.15) is 4.98 Å². The van der Waals surface area contributed by atoms with E-state index < -0.39 is 0 Å². The number of anilines is 1. The topological polar surface area (TPSA) is 89.6 Å². The minimum Gasteiger partial charge on any atom is -0.369 e. The highest BCUT2D eigenvalue weighted by atomic mass is 16.5. The van der Waals surface area contributed by atoms with Gasteiger partial charge in [-0.15, -0.1) is 0 Å². The molecule has 0 aromatic carbocycles. The van der Waals surface area contributed by atoms with Crippen molar-refractivity contribution in [1.29, 1.82) is 0 Å². The minimum absolute atomic E-state index is 0.456. The number of aryl methyl sites for hydroxylation is 2. The molecule has 7 heteroatoms. The third-order valence-corrected chi connectivity index (χ3v) is 4.76. The first-order valence-corrected chi connectivity index (χ1v) is 8.86. The second kappa shape index (κ2) is 6.74. The molecule has 130 valence electrons. The van der Waals surface area contributed by atoms with Crippen LogP contribution >= 0.6 is 0 Å². The Labute approximate surface area is 146 Å². The number of pyridine rings is 1. The molecule has 0 atom stereocenters. The van der Waals surface area contributed by atoms with E-state index in [1.165, 1.54) is 25.7 Å². The maximum atomic E-state index is 5.43. The van der Waals surface area contributed by atoms with Gasteiger partial charge in [0.05, 0.1) is 5.39 Å². The van der Waals surface area contributed by atoms with E-state index >= 15 is 0 Å². The van der Waals surface area contributed by atoms with E-state index in [9.17, 15) is 0 Å². The van der Waals surface area contributed by atoms with Gasteiger partial charge in [0.1, 0.15) is 12.1 Å². The van der Waals surface area contributed by atoms with Crippen molar-refractivity contribution in [2.45, 2.75) is 51.9 Å². The molecular formula is C18H22N6O. The lowest BCUT2D eigenvalue weighted by Crippen LogP contribution is -2.09. The molecule has 7 nitrogen and oxygen atoms in total. The maximum Gasteiger partial charge on any atom is 0.229 e. The molecule has 3 heterocycles.